The van der Waals surface area contributed by atoms with E-state index in [0.717, 1.165) is 0 Å². The summed E-state index contributed by atoms with van der Waals surface area (Å²) in [4.78, 5) is 16.4. The average Bonchev–Trinajstić information content (AvgIpc) is 1.63. The van der Waals surface area contributed by atoms with Crippen LogP contribution in [0.4, 0.5) is 0 Å². The molecule has 4 N–H and O–H groups in total. The van der Waals surface area contributed by atoms with Crippen LogP contribution in [0.15, 0.2) is 0 Å². The second kappa shape index (κ2) is 3.98. The van der Waals surface area contributed by atoms with E-state index in [2.05, 4.69) is 4.74 Å². The normalized spacial score (nSPS) is 11.9. The Morgan fingerprint density at radius 3 is 2.44 bits per heavy atom. The Balaban J connectivity index is 3.18. The summed E-state index contributed by atoms with van der Waals surface area (Å²) in [5, 5.41) is 0. The van der Waals surface area contributed by atoms with Crippen LogP contribution in [0.2, 0.25) is 0 Å². The predicted molar refractivity (Wildman–Crippen MR) is 31.9 cm³/mol. The van der Waals surface area contributed by atoms with Gasteiger partial charge in [-0.25, -0.2) is 0 Å². The molecule has 0 aromatic heterocycles. The topological polar surface area (TPSA) is 92.8 Å². The summed E-state index contributed by atoms with van der Waals surface area (Å²) >= 11 is 0. The minimum atomic E-state index is -3.97. The first-order valence-electron chi connectivity index (χ1n) is 2.38. The van der Waals surface area contributed by atoms with E-state index >= 15 is 0 Å². The number of nitrogens with two attached hydrogens (primary N) is 1. The molecule has 0 bridgehead atoms. The Morgan fingerprint density at radius 1 is 1.56 bits per heavy atom. The maximum atomic E-state index is 10.0. The molecule has 0 atom stereocenters. The summed E-state index contributed by atoms with van der Waals surface area (Å²) in [5.74, 6) is 0. The van der Waals surface area contributed by atoms with Crippen molar-refractivity contribution in [2.24, 2.45) is 5.73 Å². The molecule has 0 saturated heterocycles. The van der Waals surface area contributed by atoms with Gasteiger partial charge < -0.3 is 20.3 Å². The van der Waals surface area contributed by atoms with Gasteiger partial charge in [-0.1, -0.05) is 0 Å². The van der Waals surface area contributed by atoms with Gasteiger partial charge in [-0.15, -0.1) is 0 Å². The van der Waals surface area contributed by atoms with Gasteiger partial charge in [0, 0.05) is 6.54 Å². The maximum absolute atomic E-state index is 10.0. The third-order valence-corrected chi connectivity index (χ3v) is 1.04. The Kier molecular flexibility index (Phi) is 4.01. The molecule has 0 aromatic rings. The van der Waals surface area contributed by atoms with Gasteiger partial charge in [0.2, 0.25) is 0 Å². The van der Waals surface area contributed by atoms with Crippen LogP contribution >= 0.6 is 7.60 Å². The van der Waals surface area contributed by atoms with Crippen LogP contribution in [0.5, 0.6) is 0 Å². The highest BCUT2D eigenvalue weighted by Crippen LogP contribution is 2.33. The molecule has 0 radical (unpaired) electrons. The number of hydrogen-bond donors (Lipinski definition) is 3. The van der Waals surface area contributed by atoms with E-state index in [4.69, 9.17) is 15.5 Å². The van der Waals surface area contributed by atoms with Crippen LogP contribution in [0.3, 0.4) is 0 Å². The molecule has 0 aliphatic rings. The van der Waals surface area contributed by atoms with Crippen molar-refractivity contribution in [3.8, 4) is 0 Å². The molecule has 0 heterocycles. The van der Waals surface area contributed by atoms with Gasteiger partial charge in [-0.05, 0) is 0 Å². The molecule has 0 aromatic carbocycles. The van der Waals surface area contributed by atoms with Gasteiger partial charge in [0.15, 0.2) is 0 Å². The number of rotatable bonds is 4. The molecule has 0 fully saturated rings. The van der Waals surface area contributed by atoms with Gasteiger partial charge in [-0.2, -0.15) is 0 Å². The molecule has 0 spiro atoms. The quantitative estimate of drug-likeness (QED) is 0.361. The smallest absolute Gasteiger partial charge is 0.350 e. The lowest BCUT2D eigenvalue weighted by molar-refractivity contribution is 0.164. The predicted octanol–water partition coefficient (Wildman–Crippen LogP) is -0.903. The van der Waals surface area contributed by atoms with Crippen LogP contribution < -0.4 is 5.73 Å². The van der Waals surface area contributed by atoms with E-state index in [1.807, 2.05) is 0 Å². The highest BCUT2D eigenvalue weighted by atomic mass is 31.2. The zero-order valence-electron chi connectivity index (χ0n) is 4.86. The van der Waals surface area contributed by atoms with Crippen LogP contribution in [-0.2, 0) is 9.30 Å². The molecule has 6 heteroatoms. The summed E-state index contributed by atoms with van der Waals surface area (Å²) in [5.41, 5.74) is 4.98. The van der Waals surface area contributed by atoms with E-state index in [0.29, 0.717) is 0 Å². The Hall–Kier alpha value is 0.0700. The lowest BCUT2D eigenvalue weighted by Gasteiger charge is -2.02. The van der Waals surface area contributed by atoms with Crippen LogP contribution in [0.25, 0.3) is 0 Å². The Morgan fingerprint density at radius 2 is 2.11 bits per heavy atom. The van der Waals surface area contributed by atoms with E-state index in [-0.39, 0.29) is 13.2 Å². The average molecular weight is 155 g/mol. The Labute approximate surface area is 53.0 Å². The first-order chi connectivity index (χ1) is 4.06. The fraction of sp³-hybridized carbons (Fsp3) is 1.00. The molecule has 56 valence electrons. The van der Waals surface area contributed by atoms with Gasteiger partial charge in [0.25, 0.3) is 0 Å². The summed E-state index contributed by atoms with van der Waals surface area (Å²) in [6.07, 6.45) is -0.538. The van der Waals surface area contributed by atoms with Crippen LogP contribution in [0, 0.1) is 0 Å². The first kappa shape index (κ1) is 9.07. The van der Waals surface area contributed by atoms with Gasteiger partial charge in [-0.3, -0.25) is 4.57 Å². The molecule has 0 rings (SSSR count). The molecule has 9 heavy (non-hydrogen) atoms. The second-order valence-corrected chi connectivity index (χ2v) is 3.08. The lowest BCUT2D eigenvalue weighted by Crippen LogP contribution is -2.08. The largest absolute Gasteiger partial charge is 0.368 e. The summed E-state index contributed by atoms with van der Waals surface area (Å²) in [6.45, 7) is 0.463. The SMILES string of the molecule is NCCOCP(=O)(O)O. The van der Waals surface area contributed by atoms with Crippen LogP contribution in [0.1, 0.15) is 0 Å². The maximum Gasteiger partial charge on any atom is 0.350 e. The van der Waals surface area contributed by atoms with Gasteiger partial charge in [0.05, 0.1) is 6.61 Å². The minimum Gasteiger partial charge on any atom is -0.368 e. The van der Waals surface area contributed by atoms with E-state index in [9.17, 15) is 4.57 Å². The fourth-order valence-corrected chi connectivity index (χ4v) is 0.634. The minimum absolute atomic E-state index is 0.186. The van der Waals surface area contributed by atoms with Crippen molar-refractivity contribution in [1.29, 1.82) is 0 Å². The fourth-order valence-electron chi connectivity index (χ4n) is 0.267. The summed E-state index contributed by atoms with van der Waals surface area (Å²) in [6, 6.07) is 0. The van der Waals surface area contributed by atoms with E-state index < -0.39 is 13.9 Å². The molecule has 0 amide bonds. The van der Waals surface area contributed by atoms with Crippen molar-refractivity contribution in [3.05, 3.63) is 0 Å². The zero-order valence-corrected chi connectivity index (χ0v) is 5.75. The highest BCUT2D eigenvalue weighted by molar-refractivity contribution is 7.51. The third-order valence-electron chi connectivity index (χ3n) is 0.522. The van der Waals surface area contributed by atoms with Crippen molar-refractivity contribution >= 4 is 7.60 Å². The Bertz CT molecular complexity index is 110. The third kappa shape index (κ3) is 8.07. The lowest BCUT2D eigenvalue weighted by atomic mass is 10.7. The number of hydrogen-bond acceptors (Lipinski definition) is 3. The van der Waals surface area contributed by atoms with Gasteiger partial charge in [0.1, 0.15) is 6.35 Å². The van der Waals surface area contributed by atoms with Crippen LogP contribution in [-0.4, -0.2) is 29.3 Å². The summed E-state index contributed by atoms with van der Waals surface area (Å²) in [7, 11) is -3.97. The highest BCUT2D eigenvalue weighted by Gasteiger charge is 2.11. The van der Waals surface area contributed by atoms with Crippen molar-refractivity contribution in [3.63, 3.8) is 0 Å². The van der Waals surface area contributed by atoms with Crippen molar-refractivity contribution < 1.29 is 19.1 Å². The molecular weight excluding hydrogens is 145 g/mol. The first-order valence-corrected chi connectivity index (χ1v) is 4.18. The molecule has 0 aliphatic carbocycles. The van der Waals surface area contributed by atoms with E-state index in [1.54, 1.807) is 0 Å². The van der Waals surface area contributed by atoms with E-state index in [1.165, 1.54) is 0 Å². The standard InChI is InChI=1S/C3H10NO4P/c4-1-2-8-3-9(5,6)7/h1-4H2,(H2,5,6,7). The molecule has 0 unspecified atom stereocenters. The van der Waals surface area contributed by atoms with Crippen molar-refractivity contribution in [2.75, 3.05) is 19.5 Å². The monoisotopic (exact) mass is 155 g/mol. The van der Waals surface area contributed by atoms with Gasteiger partial charge >= 0.3 is 7.60 Å². The molecular formula is C3H10NO4P. The van der Waals surface area contributed by atoms with Crippen molar-refractivity contribution in [1.82, 2.24) is 0 Å². The zero-order chi connectivity index (χ0) is 7.33. The summed E-state index contributed by atoms with van der Waals surface area (Å²) < 4.78 is 14.5. The molecule has 5 nitrogen and oxygen atoms in total. The number of ether oxygens (including phenoxy) is 1. The molecule has 0 saturated carbocycles. The van der Waals surface area contributed by atoms with Crippen molar-refractivity contribution in [2.45, 2.75) is 0 Å². The second-order valence-electron chi connectivity index (χ2n) is 1.49. The molecule has 0 aliphatic heterocycles.